The van der Waals surface area contributed by atoms with Gasteiger partial charge in [-0.15, -0.1) is 0 Å². The molecule has 1 unspecified atom stereocenters. The van der Waals surface area contributed by atoms with Crippen molar-refractivity contribution in [2.24, 2.45) is 11.8 Å². The number of fused-ring (bicyclic) bond motifs is 1. The molecule has 3 aliphatic heterocycles. The molecule has 4 rings (SSSR count). The fraction of sp³-hybridized carbons (Fsp3) is 0.560. The predicted octanol–water partition coefficient (Wildman–Crippen LogP) is 1.33. The number of amides is 3. The molecule has 3 amide bonds. The van der Waals surface area contributed by atoms with Gasteiger partial charge in [-0.3, -0.25) is 14.4 Å². The summed E-state index contributed by atoms with van der Waals surface area (Å²) in [7, 11) is 0. The molecule has 1 aromatic rings. The summed E-state index contributed by atoms with van der Waals surface area (Å²) in [5.41, 5.74) is -0.382. The number of aliphatic hydroxyl groups is 2. The number of hydrogen-bond donors (Lipinski definition) is 5. The molecule has 0 aromatic heterocycles. The molecule has 0 saturated carbocycles. The lowest BCUT2D eigenvalue weighted by Crippen LogP contribution is -2.40. The van der Waals surface area contributed by atoms with Crippen LogP contribution in [0.5, 0.6) is 0 Å². The molecule has 2 fully saturated rings. The average molecular weight is 471 g/mol. The highest BCUT2D eigenvalue weighted by Gasteiger charge is 2.48. The summed E-state index contributed by atoms with van der Waals surface area (Å²) in [6.45, 7) is 3.87. The van der Waals surface area contributed by atoms with Crippen LogP contribution in [0.3, 0.4) is 0 Å². The second-order valence-electron chi connectivity index (χ2n) is 9.50. The van der Waals surface area contributed by atoms with E-state index >= 15 is 0 Å². The number of piperidine rings is 1. The monoisotopic (exact) mass is 470 g/mol. The number of rotatable bonds is 7. The van der Waals surface area contributed by atoms with Crippen LogP contribution >= 0.6 is 0 Å². The van der Waals surface area contributed by atoms with E-state index in [2.05, 4.69) is 16.0 Å². The molecule has 0 aliphatic carbocycles. The normalized spacial score (nSPS) is 27.5. The first kappa shape index (κ1) is 24.4. The standard InChI is InChI=1S/C25H34N4O5/c1-16(5-2-8-22(31)29-12-4-7-19(29)15-30)25(34)20-13-18(9-10-21(20)28-24(25)33)27-23(32)17-6-3-11-26-14-17/h2,5,9-10,13,16-17,19,26,30,34H,3-4,6-8,11-12,14-15H2,1H3,(H,27,32)(H,28,33)/b5-2+/t16-,17?,19-,25+/m0/s1. The zero-order valence-electron chi connectivity index (χ0n) is 19.5. The Balaban J connectivity index is 1.45. The Hall–Kier alpha value is -2.75. The van der Waals surface area contributed by atoms with Gasteiger partial charge < -0.3 is 31.1 Å². The molecular formula is C25H34N4O5. The number of nitrogens with zero attached hydrogens (tertiary/aromatic N) is 1. The number of benzene rings is 1. The largest absolute Gasteiger partial charge is 0.394 e. The minimum Gasteiger partial charge on any atom is -0.394 e. The van der Waals surface area contributed by atoms with Crippen molar-refractivity contribution < 1.29 is 24.6 Å². The van der Waals surface area contributed by atoms with E-state index in [0.717, 1.165) is 32.2 Å². The fourth-order valence-electron chi connectivity index (χ4n) is 5.14. The zero-order valence-corrected chi connectivity index (χ0v) is 19.5. The Bertz CT molecular complexity index is 974. The highest BCUT2D eigenvalue weighted by Crippen LogP contribution is 2.43. The van der Waals surface area contributed by atoms with Crippen molar-refractivity contribution in [2.75, 3.05) is 36.9 Å². The second kappa shape index (κ2) is 10.2. The minimum absolute atomic E-state index is 0.0430. The van der Waals surface area contributed by atoms with Gasteiger partial charge in [0.1, 0.15) is 0 Å². The van der Waals surface area contributed by atoms with Crippen LogP contribution in [0.25, 0.3) is 0 Å². The van der Waals surface area contributed by atoms with E-state index in [4.69, 9.17) is 0 Å². The average Bonchev–Trinajstić information content (AvgIpc) is 3.43. The number of carbonyl (C=O) groups excluding carboxylic acids is 3. The molecule has 0 bridgehead atoms. The summed E-state index contributed by atoms with van der Waals surface area (Å²) in [5, 5.41) is 29.7. The Morgan fingerprint density at radius 2 is 2.15 bits per heavy atom. The molecule has 184 valence electrons. The molecule has 9 nitrogen and oxygen atoms in total. The number of aliphatic hydroxyl groups excluding tert-OH is 1. The first-order chi connectivity index (χ1) is 16.3. The minimum atomic E-state index is -1.82. The number of hydrogen-bond acceptors (Lipinski definition) is 6. The number of nitrogens with one attached hydrogen (secondary N) is 3. The van der Waals surface area contributed by atoms with Crippen molar-refractivity contribution in [3.63, 3.8) is 0 Å². The van der Waals surface area contributed by atoms with E-state index in [9.17, 15) is 24.6 Å². The second-order valence-corrected chi connectivity index (χ2v) is 9.50. The Kier molecular flexibility index (Phi) is 7.35. The Morgan fingerprint density at radius 1 is 1.32 bits per heavy atom. The molecule has 0 radical (unpaired) electrons. The molecule has 3 aliphatic rings. The third kappa shape index (κ3) is 4.73. The van der Waals surface area contributed by atoms with Gasteiger partial charge in [0, 0.05) is 42.4 Å². The van der Waals surface area contributed by atoms with Crippen LogP contribution in [0, 0.1) is 11.8 Å². The highest BCUT2D eigenvalue weighted by atomic mass is 16.3. The molecule has 1 aromatic carbocycles. The maximum absolute atomic E-state index is 12.8. The first-order valence-corrected chi connectivity index (χ1v) is 12.1. The van der Waals surface area contributed by atoms with E-state index in [1.165, 1.54) is 0 Å². The summed E-state index contributed by atoms with van der Waals surface area (Å²) >= 11 is 0. The number of anilines is 2. The molecule has 2 saturated heterocycles. The lowest BCUT2D eigenvalue weighted by atomic mass is 9.82. The third-order valence-corrected chi connectivity index (χ3v) is 7.24. The van der Waals surface area contributed by atoms with Crippen LogP contribution in [0.15, 0.2) is 30.4 Å². The lowest BCUT2D eigenvalue weighted by Gasteiger charge is -2.27. The van der Waals surface area contributed by atoms with Crippen molar-refractivity contribution in [2.45, 2.75) is 50.7 Å². The summed E-state index contributed by atoms with van der Waals surface area (Å²) < 4.78 is 0. The molecule has 34 heavy (non-hydrogen) atoms. The summed E-state index contributed by atoms with van der Waals surface area (Å²) in [6.07, 6.45) is 6.94. The third-order valence-electron chi connectivity index (χ3n) is 7.24. The zero-order chi connectivity index (χ0) is 24.3. The first-order valence-electron chi connectivity index (χ1n) is 12.1. The van der Waals surface area contributed by atoms with Crippen molar-refractivity contribution in [3.8, 4) is 0 Å². The number of carbonyl (C=O) groups is 3. The van der Waals surface area contributed by atoms with Gasteiger partial charge in [-0.05, 0) is 50.4 Å². The predicted molar refractivity (Wildman–Crippen MR) is 128 cm³/mol. The summed E-state index contributed by atoms with van der Waals surface area (Å²) in [6, 6.07) is 4.91. The van der Waals surface area contributed by atoms with Gasteiger partial charge in [0.2, 0.25) is 11.8 Å². The summed E-state index contributed by atoms with van der Waals surface area (Å²) in [4.78, 5) is 39.6. The smallest absolute Gasteiger partial charge is 0.261 e. The lowest BCUT2D eigenvalue weighted by molar-refractivity contribution is -0.137. The van der Waals surface area contributed by atoms with Crippen LogP contribution < -0.4 is 16.0 Å². The van der Waals surface area contributed by atoms with Crippen LogP contribution in [0.1, 0.15) is 44.6 Å². The van der Waals surface area contributed by atoms with E-state index in [0.29, 0.717) is 30.0 Å². The van der Waals surface area contributed by atoms with Crippen molar-refractivity contribution in [1.82, 2.24) is 10.2 Å². The Labute approximate surface area is 199 Å². The van der Waals surface area contributed by atoms with Crippen LogP contribution in [0.4, 0.5) is 11.4 Å². The molecular weight excluding hydrogens is 436 g/mol. The van der Waals surface area contributed by atoms with Crippen LogP contribution in [-0.4, -0.2) is 65.1 Å². The highest BCUT2D eigenvalue weighted by molar-refractivity contribution is 6.06. The van der Waals surface area contributed by atoms with E-state index in [1.54, 1.807) is 42.2 Å². The fourth-order valence-corrected chi connectivity index (χ4v) is 5.14. The van der Waals surface area contributed by atoms with Gasteiger partial charge >= 0.3 is 0 Å². The van der Waals surface area contributed by atoms with Crippen molar-refractivity contribution >= 4 is 29.1 Å². The van der Waals surface area contributed by atoms with Gasteiger partial charge in [-0.2, -0.15) is 0 Å². The topological polar surface area (TPSA) is 131 Å². The number of likely N-dealkylation sites (tertiary alicyclic amines) is 1. The molecule has 4 atom stereocenters. The van der Waals surface area contributed by atoms with E-state index in [-0.39, 0.29) is 36.8 Å². The van der Waals surface area contributed by atoms with Crippen molar-refractivity contribution in [3.05, 3.63) is 35.9 Å². The maximum Gasteiger partial charge on any atom is 0.261 e. The molecule has 9 heteroatoms. The molecule has 3 heterocycles. The van der Waals surface area contributed by atoms with Crippen LogP contribution in [-0.2, 0) is 20.0 Å². The summed E-state index contributed by atoms with van der Waals surface area (Å²) in [5.74, 6) is -1.41. The van der Waals surface area contributed by atoms with Crippen LogP contribution in [0.2, 0.25) is 0 Å². The van der Waals surface area contributed by atoms with Gasteiger partial charge in [0.25, 0.3) is 5.91 Å². The molecule has 0 spiro atoms. The van der Waals surface area contributed by atoms with E-state index in [1.807, 2.05) is 0 Å². The van der Waals surface area contributed by atoms with Gasteiger partial charge in [0.15, 0.2) is 5.60 Å². The van der Waals surface area contributed by atoms with E-state index < -0.39 is 17.4 Å². The van der Waals surface area contributed by atoms with Gasteiger partial charge in [-0.25, -0.2) is 0 Å². The SMILES string of the molecule is C[C@@H](/C=C/CC(=O)N1CCC[C@H]1CO)[C@]1(O)C(=O)Nc2ccc(NC(=O)C3CCCNC3)cc21. The Morgan fingerprint density at radius 3 is 2.88 bits per heavy atom. The van der Waals surface area contributed by atoms with Crippen molar-refractivity contribution in [1.29, 1.82) is 0 Å². The van der Waals surface area contributed by atoms with Gasteiger partial charge in [0.05, 0.1) is 18.6 Å². The van der Waals surface area contributed by atoms with Gasteiger partial charge in [-0.1, -0.05) is 19.1 Å². The quantitative estimate of drug-likeness (QED) is 0.382. The molecule has 5 N–H and O–H groups in total. The maximum atomic E-state index is 12.8.